The predicted octanol–water partition coefficient (Wildman–Crippen LogP) is 3.42. The second-order valence-corrected chi connectivity index (χ2v) is 6.46. The highest BCUT2D eigenvalue weighted by Gasteiger charge is 2.19. The van der Waals surface area contributed by atoms with Crippen LogP contribution in [-0.4, -0.2) is 31.0 Å². The number of rotatable bonds is 7. The van der Waals surface area contributed by atoms with Gasteiger partial charge in [-0.3, -0.25) is 14.4 Å². The van der Waals surface area contributed by atoms with Crippen LogP contribution in [0.25, 0.3) is 0 Å². The second-order valence-electron chi connectivity index (χ2n) is 6.02. The van der Waals surface area contributed by atoms with Gasteiger partial charge in [-0.05, 0) is 42.8 Å². The molecule has 7 nitrogen and oxygen atoms in total. The largest absolute Gasteiger partial charge is 0.495 e. The molecule has 0 aliphatic rings. The van der Waals surface area contributed by atoms with Crippen LogP contribution in [0.15, 0.2) is 42.5 Å². The highest BCUT2D eigenvalue weighted by molar-refractivity contribution is 6.31. The lowest BCUT2D eigenvalue weighted by Crippen LogP contribution is -2.30. The maximum absolute atomic E-state index is 12.3. The molecule has 0 heterocycles. The molecule has 0 fully saturated rings. The van der Waals surface area contributed by atoms with Gasteiger partial charge in [0.1, 0.15) is 5.75 Å². The zero-order valence-electron chi connectivity index (χ0n) is 15.7. The van der Waals surface area contributed by atoms with E-state index in [1.165, 1.54) is 21.0 Å². The first kappa shape index (κ1) is 21.2. The number of carbonyl (C=O) groups is 3. The lowest BCUT2D eigenvalue weighted by atomic mass is 10.1. The molecule has 2 aromatic rings. The molecule has 0 radical (unpaired) electrons. The van der Waals surface area contributed by atoms with E-state index in [4.69, 9.17) is 21.1 Å². The number of amides is 2. The van der Waals surface area contributed by atoms with Crippen LogP contribution in [0.1, 0.15) is 19.4 Å². The van der Waals surface area contributed by atoms with Crippen molar-refractivity contribution in [3.8, 4) is 5.75 Å². The van der Waals surface area contributed by atoms with Crippen LogP contribution < -0.4 is 15.4 Å². The van der Waals surface area contributed by atoms with E-state index in [0.717, 1.165) is 0 Å². The van der Waals surface area contributed by atoms with E-state index in [-0.39, 0.29) is 12.3 Å². The van der Waals surface area contributed by atoms with E-state index >= 15 is 0 Å². The summed E-state index contributed by atoms with van der Waals surface area (Å²) in [7, 11) is 1.47. The second kappa shape index (κ2) is 9.75. The summed E-state index contributed by atoms with van der Waals surface area (Å²) in [5.41, 5.74) is 1.72. The molecule has 148 valence electrons. The molecule has 2 rings (SSSR count). The lowest BCUT2D eigenvalue weighted by Gasteiger charge is -2.15. The van der Waals surface area contributed by atoms with Crippen molar-refractivity contribution in [1.29, 1.82) is 0 Å². The third-order valence-electron chi connectivity index (χ3n) is 3.72. The van der Waals surface area contributed by atoms with Gasteiger partial charge >= 0.3 is 5.97 Å². The van der Waals surface area contributed by atoms with Gasteiger partial charge in [0.2, 0.25) is 5.91 Å². The van der Waals surface area contributed by atoms with Crippen molar-refractivity contribution in [2.45, 2.75) is 26.4 Å². The summed E-state index contributed by atoms with van der Waals surface area (Å²) in [6.07, 6.45) is -1.01. The minimum absolute atomic E-state index is 0.00153. The molecule has 0 aromatic heterocycles. The fourth-order valence-corrected chi connectivity index (χ4v) is 2.55. The van der Waals surface area contributed by atoms with Crippen molar-refractivity contribution >= 4 is 40.8 Å². The molecule has 1 atom stereocenters. The monoisotopic (exact) mass is 404 g/mol. The van der Waals surface area contributed by atoms with Crippen molar-refractivity contribution in [2.75, 3.05) is 17.7 Å². The highest BCUT2D eigenvalue weighted by atomic mass is 35.5. The first-order valence-corrected chi connectivity index (χ1v) is 8.86. The number of hydrogen-bond acceptors (Lipinski definition) is 5. The Hall–Kier alpha value is -3.06. The van der Waals surface area contributed by atoms with Gasteiger partial charge in [-0.2, -0.15) is 0 Å². The Balaban J connectivity index is 1.92. The Morgan fingerprint density at radius 1 is 1.07 bits per heavy atom. The molecule has 0 aliphatic heterocycles. The first-order valence-electron chi connectivity index (χ1n) is 8.49. The van der Waals surface area contributed by atoms with Crippen molar-refractivity contribution in [3.63, 3.8) is 0 Å². The molecular weight excluding hydrogens is 384 g/mol. The zero-order chi connectivity index (χ0) is 20.7. The van der Waals surface area contributed by atoms with Gasteiger partial charge in [-0.1, -0.05) is 23.7 Å². The van der Waals surface area contributed by atoms with Crippen molar-refractivity contribution in [3.05, 3.63) is 53.1 Å². The molecule has 2 amide bonds. The molecule has 2 N–H and O–H groups in total. The first-order chi connectivity index (χ1) is 13.3. The Morgan fingerprint density at radius 3 is 2.36 bits per heavy atom. The molecule has 0 aliphatic carbocycles. The van der Waals surface area contributed by atoms with Crippen LogP contribution in [0.3, 0.4) is 0 Å². The standard InChI is InChI=1S/C20H21ClN2O5/c1-12(20(26)23-17-11-15(21)6-9-18(17)27-3)28-19(25)10-14-4-7-16(8-5-14)22-13(2)24/h4-9,11-12H,10H2,1-3H3,(H,22,24)(H,23,26)/t12-/m0/s1. The maximum Gasteiger partial charge on any atom is 0.311 e. The van der Waals surface area contributed by atoms with Crippen molar-refractivity contribution < 1.29 is 23.9 Å². The summed E-state index contributed by atoms with van der Waals surface area (Å²) < 4.78 is 10.4. The van der Waals surface area contributed by atoms with Gasteiger partial charge < -0.3 is 20.1 Å². The van der Waals surface area contributed by atoms with E-state index in [2.05, 4.69) is 10.6 Å². The third kappa shape index (κ3) is 6.28. The molecule has 0 bridgehead atoms. The van der Waals surface area contributed by atoms with Gasteiger partial charge in [0.25, 0.3) is 5.91 Å². The maximum atomic E-state index is 12.3. The average Bonchev–Trinajstić information content (AvgIpc) is 2.63. The smallest absolute Gasteiger partial charge is 0.311 e. The number of benzene rings is 2. The van der Waals surface area contributed by atoms with E-state index in [0.29, 0.717) is 27.7 Å². The molecule has 0 saturated carbocycles. The summed E-state index contributed by atoms with van der Waals surface area (Å²) in [6.45, 7) is 2.89. The van der Waals surface area contributed by atoms with E-state index in [9.17, 15) is 14.4 Å². The third-order valence-corrected chi connectivity index (χ3v) is 3.95. The number of carbonyl (C=O) groups excluding carboxylic acids is 3. The van der Waals surface area contributed by atoms with Crippen molar-refractivity contribution in [2.24, 2.45) is 0 Å². The normalized spacial score (nSPS) is 11.3. The van der Waals surface area contributed by atoms with Crippen LogP contribution in [0.2, 0.25) is 5.02 Å². The van der Waals surface area contributed by atoms with E-state index in [1.54, 1.807) is 42.5 Å². The van der Waals surface area contributed by atoms with E-state index < -0.39 is 18.0 Å². The zero-order valence-corrected chi connectivity index (χ0v) is 16.5. The minimum atomic E-state index is -1.00. The molecule has 28 heavy (non-hydrogen) atoms. The molecule has 0 unspecified atom stereocenters. The number of nitrogens with one attached hydrogen (secondary N) is 2. The van der Waals surface area contributed by atoms with Crippen LogP contribution in [0, 0.1) is 0 Å². The average molecular weight is 405 g/mol. The minimum Gasteiger partial charge on any atom is -0.495 e. The Kier molecular flexibility index (Phi) is 7.40. The number of methoxy groups -OCH3 is 1. The summed E-state index contributed by atoms with van der Waals surface area (Å²) in [4.78, 5) is 35.4. The number of esters is 1. The molecule has 0 spiro atoms. The van der Waals surface area contributed by atoms with Crippen LogP contribution in [-0.2, 0) is 25.5 Å². The highest BCUT2D eigenvalue weighted by Crippen LogP contribution is 2.27. The molecule has 8 heteroatoms. The van der Waals surface area contributed by atoms with E-state index in [1.807, 2.05) is 0 Å². The Bertz CT molecular complexity index is 867. The lowest BCUT2D eigenvalue weighted by molar-refractivity contribution is -0.152. The fraction of sp³-hybridized carbons (Fsp3) is 0.250. The summed E-state index contributed by atoms with van der Waals surface area (Å²) >= 11 is 5.93. The Morgan fingerprint density at radius 2 is 1.75 bits per heavy atom. The number of halogens is 1. The van der Waals surface area contributed by atoms with Gasteiger partial charge in [0.15, 0.2) is 6.10 Å². The van der Waals surface area contributed by atoms with Gasteiger partial charge in [0, 0.05) is 17.6 Å². The van der Waals surface area contributed by atoms with Crippen LogP contribution >= 0.6 is 11.6 Å². The predicted molar refractivity (Wildman–Crippen MR) is 107 cm³/mol. The van der Waals surface area contributed by atoms with Crippen LogP contribution in [0.5, 0.6) is 5.75 Å². The summed E-state index contributed by atoms with van der Waals surface area (Å²) in [6, 6.07) is 11.6. The number of anilines is 2. The molecule has 0 saturated heterocycles. The van der Waals surface area contributed by atoms with Crippen LogP contribution in [0.4, 0.5) is 11.4 Å². The van der Waals surface area contributed by atoms with Gasteiger partial charge in [0.05, 0.1) is 19.2 Å². The number of hydrogen-bond donors (Lipinski definition) is 2. The summed E-state index contributed by atoms with van der Waals surface area (Å²) in [5.74, 6) is -0.790. The quantitative estimate of drug-likeness (QED) is 0.689. The topological polar surface area (TPSA) is 93.7 Å². The number of ether oxygens (including phenoxy) is 2. The Labute approximate surface area is 168 Å². The molecular formula is C20H21ClN2O5. The SMILES string of the molecule is COc1ccc(Cl)cc1NC(=O)[C@H](C)OC(=O)Cc1ccc(NC(C)=O)cc1. The summed E-state index contributed by atoms with van der Waals surface area (Å²) in [5, 5.41) is 5.71. The van der Waals surface area contributed by atoms with Gasteiger partial charge in [-0.25, -0.2) is 0 Å². The fourth-order valence-electron chi connectivity index (χ4n) is 2.38. The van der Waals surface area contributed by atoms with Gasteiger partial charge in [-0.15, -0.1) is 0 Å². The van der Waals surface area contributed by atoms with Crippen molar-refractivity contribution in [1.82, 2.24) is 0 Å². The molecule has 2 aromatic carbocycles.